The van der Waals surface area contributed by atoms with Crippen molar-refractivity contribution in [3.05, 3.63) is 42.4 Å². The van der Waals surface area contributed by atoms with Crippen LogP contribution in [-0.4, -0.2) is 62.7 Å². The second-order valence-corrected chi connectivity index (χ2v) is 10.2. The minimum Gasteiger partial charge on any atom is -0.492 e. The van der Waals surface area contributed by atoms with Gasteiger partial charge in [0.05, 0.1) is 41.7 Å². The summed E-state index contributed by atoms with van der Waals surface area (Å²) in [6.45, 7) is 10.4. The third-order valence-corrected chi connectivity index (χ3v) is 6.04. The zero-order chi connectivity index (χ0) is 26.1. The molecule has 3 aromatic rings. The molecule has 0 aliphatic carbocycles. The number of carbonyl (C=O) groups excluding carboxylic acids is 1. The van der Waals surface area contributed by atoms with Crippen LogP contribution in [0, 0.1) is 11.3 Å². The number of β-amino-alcohol motifs (C(OH)–C–C–N with tert-alkyl or cyclic N) is 1. The quantitative estimate of drug-likeness (QED) is 0.554. The molecule has 10 heteroatoms. The summed E-state index contributed by atoms with van der Waals surface area (Å²) < 4.78 is 12.7. The van der Waals surface area contributed by atoms with Crippen molar-refractivity contribution in [3.8, 4) is 22.9 Å². The average molecular weight is 493 g/mol. The van der Waals surface area contributed by atoms with Crippen LogP contribution in [0.25, 0.3) is 16.6 Å². The number of nitriles is 1. The molecule has 0 bridgehead atoms. The van der Waals surface area contributed by atoms with E-state index < -0.39 is 23.3 Å². The Balaban J connectivity index is 1.54. The van der Waals surface area contributed by atoms with Gasteiger partial charge in [0.1, 0.15) is 23.2 Å². The normalized spacial score (nSPS) is 20.1. The number of ether oxygens (including phenoxy) is 2. The first kappa shape index (κ1) is 25.3. The highest BCUT2D eigenvalue weighted by Gasteiger charge is 2.40. The van der Waals surface area contributed by atoms with E-state index in [1.807, 2.05) is 30.0 Å². The van der Waals surface area contributed by atoms with Gasteiger partial charge in [-0.2, -0.15) is 10.4 Å². The lowest BCUT2D eigenvalue weighted by molar-refractivity contribution is -0.000426. The molecule has 0 aromatic carbocycles. The van der Waals surface area contributed by atoms with E-state index in [1.165, 1.54) is 6.20 Å². The summed E-state index contributed by atoms with van der Waals surface area (Å²) in [4.78, 5) is 18.9. The predicted molar refractivity (Wildman–Crippen MR) is 135 cm³/mol. The fourth-order valence-corrected chi connectivity index (χ4v) is 4.42. The number of nitrogens with one attached hydrogen (secondary N) is 1. The number of anilines is 1. The molecule has 36 heavy (non-hydrogen) atoms. The number of hydrogen-bond donors (Lipinski definition) is 2. The van der Waals surface area contributed by atoms with Crippen LogP contribution in [0.5, 0.6) is 5.75 Å². The van der Waals surface area contributed by atoms with Gasteiger partial charge in [0, 0.05) is 30.4 Å². The van der Waals surface area contributed by atoms with Crippen molar-refractivity contribution in [3.63, 3.8) is 0 Å². The van der Waals surface area contributed by atoms with E-state index in [2.05, 4.69) is 21.5 Å². The van der Waals surface area contributed by atoms with Crippen LogP contribution in [0.1, 0.15) is 46.6 Å². The van der Waals surface area contributed by atoms with E-state index in [0.29, 0.717) is 48.8 Å². The summed E-state index contributed by atoms with van der Waals surface area (Å²) in [5, 5.41) is 27.7. The van der Waals surface area contributed by atoms with Gasteiger partial charge in [-0.1, -0.05) is 0 Å². The molecule has 4 heterocycles. The lowest BCUT2D eigenvalue weighted by Crippen LogP contribution is -2.61. The molecule has 2 N–H and O–H groups in total. The number of piperidine rings is 1. The molecule has 1 aliphatic rings. The van der Waals surface area contributed by atoms with Crippen molar-refractivity contribution in [2.24, 2.45) is 0 Å². The van der Waals surface area contributed by atoms with Crippen LogP contribution in [0.4, 0.5) is 10.6 Å². The number of aromatic nitrogens is 3. The maximum absolute atomic E-state index is 12.2. The summed E-state index contributed by atoms with van der Waals surface area (Å²) in [5.41, 5.74) is 0.977. The van der Waals surface area contributed by atoms with E-state index in [1.54, 1.807) is 44.6 Å². The number of carbonyl (C=O) groups is 1. The molecular weight excluding hydrogens is 460 g/mol. The van der Waals surface area contributed by atoms with E-state index in [9.17, 15) is 15.2 Å². The molecule has 1 fully saturated rings. The topological polar surface area (TPSA) is 125 Å². The smallest absolute Gasteiger partial charge is 0.407 e. The van der Waals surface area contributed by atoms with E-state index >= 15 is 0 Å². The highest BCUT2D eigenvalue weighted by molar-refractivity contribution is 5.85. The Morgan fingerprint density at radius 1 is 1.36 bits per heavy atom. The molecule has 10 nitrogen and oxygen atoms in total. The lowest BCUT2D eigenvalue weighted by atomic mass is 9.89. The SMILES string of the molecule is CCOc1cc(-c2ccc(N3CC[C@H](NC(=O)OC(C)(C)C)[C@@](C)(O)C3)nc2)c2c(C#N)cnn2c1. The molecule has 0 spiro atoms. The van der Waals surface area contributed by atoms with Gasteiger partial charge in [-0.05, 0) is 59.2 Å². The first-order valence-corrected chi connectivity index (χ1v) is 12.0. The number of fused-ring (bicyclic) bond motifs is 1. The summed E-state index contributed by atoms with van der Waals surface area (Å²) in [7, 11) is 0. The van der Waals surface area contributed by atoms with Crippen molar-refractivity contribution in [1.82, 2.24) is 19.9 Å². The second-order valence-electron chi connectivity index (χ2n) is 10.2. The summed E-state index contributed by atoms with van der Waals surface area (Å²) in [6, 6.07) is 7.46. The zero-order valence-corrected chi connectivity index (χ0v) is 21.3. The van der Waals surface area contributed by atoms with Gasteiger partial charge in [0.25, 0.3) is 0 Å². The van der Waals surface area contributed by atoms with E-state index in [4.69, 9.17) is 9.47 Å². The molecule has 2 atom stereocenters. The highest BCUT2D eigenvalue weighted by Crippen LogP contribution is 2.32. The average Bonchev–Trinajstić information content (AvgIpc) is 3.22. The third-order valence-electron chi connectivity index (χ3n) is 6.04. The van der Waals surface area contributed by atoms with E-state index in [0.717, 1.165) is 11.1 Å². The molecule has 0 saturated carbocycles. The van der Waals surface area contributed by atoms with Crippen molar-refractivity contribution in [1.29, 1.82) is 5.26 Å². The molecule has 1 saturated heterocycles. The number of alkyl carbamates (subject to hydrolysis) is 1. The third kappa shape index (κ3) is 5.36. The number of amides is 1. The van der Waals surface area contributed by atoms with Crippen molar-refractivity contribution < 1.29 is 19.4 Å². The fraction of sp³-hybridized carbons (Fsp3) is 0.462. The first-order chi connectivity index (χ1) is 17.0. The first-order valence-electron chi connectivity index (χ1n) is 12.0. The molecule has 0 radical (unpaired) electrons. The zero-order valence-electron chi connectivity index (χ0n) is 21.3. The molecule has 0 unspecified atom stereocenters. The minimum absolute atomic E-state index is 0.297. The number of nitrogens with zero attached hydrogens (tertiary/aromatic N) is 5. The van der Waals surface area contributed by atoms with Gasteiger partial charge in [-0.15, -0.1) is 0 Å². The molecule has 3 aromatic heterocycles. The Morgan fingerprint density at radius 3 is 2.75 bits per heavy atom. The highest BCUT2D eigenvalue weighted by atomic mass is 16.6. The predicted octanol–water partition coefficient (Wildman–Crippen LogP) is 3.52. The number of pyridine rings is 2. The number of aliphatic hydroxyl groups is 1. The van der Waals surface area contributed by atoms with E-state index in [-0.39, 0.29) is 0 Å². The molecular formula is C26H32N6O4. The molecule has 4 rings (SSSR count). The minimum atomic E-state index is -1.17. The molecule has 1 aliphatic heterocycles. The maximum Gasteiger partial charge on any atom is 0.407 e. The largest absolute Gasteiger partial charge is 0.492 e. The maximum atomic E-state index is 12.2. The Kier molecular flexibility index (Phi) is 6.78. The number of rotatable bonds is 5. The molecule has 1 amide bonds. The van der Waals surface area contributed by atoms with Crippen molar-refractivity contribution in [2.45, 2.75) is 58.3 Å². The van der Waals surface area contributed by atoms with Gasteiger partial charge in [-0.25, -0.2) is 14.3 Å². The summed E-state index contributed by atoms with van der Waals surface area (Å²) in [5.74, 6) is 1.35. The van der Waals surface area contributed by atoms with Crippen molar-refractivity contribution in [2.75, 3.05) is 24.6 Å². The lowest BCUT2D eigenvalue weighted by Gasteiger charge is -2.43. The monoisotopic (exact) mass is 492 g/mol. The van der Waals surface area contributed by atoms with Gasteiger partial charge in [0.2, 0.25) is 0 Å². The summed E-state index contributed by atoms with van der Waals surface area (Å²) >= 11 is 0. The Bertz CT molecular complexity index is 1290. The standard InChI is InChI=1S/C26H32N6O4/c1-6-35-19-11-20(23-18(12-27)14-29-32(23)15-19)17-7-8-22(28-13-17)31-10-9-21(26(5,34)16-31)30-24(33)36-25(2,3)4/h7-8,11,13-15,21,34H,6,9-10,16H2,1-5H3,(H,30,33)/t21-,26-/m0/s1. The van der Waals surface area contributed by atoms with Gasteiger partial charge >= 0.3 is 6.09 Å². The van der Waals surface area contributed by atoms with Gasteiger partial charge in [0.15, 0.2) is 0 Å². The van der Waals surface area contributed by atoms with Crippen LogP contribution in [-0.2, 0) is 4.74 Å². The fourth-order valence-electron chi connectivity index (χ4n) is 4.42. The van der Waals surface area contributed by atoms with Gasteiger partial charge in [-0.3, -0.25) is 0 Å². The Hall–Kier alpha value is -3.84. The van der Waals surface area contributed by atoms with Gasteiger partial charge < -0.3 is 24.8 Å². The van der Waals surface area contributed by atoms with Crippen LogP contribution in [0.2, 0.25) is 0 Å². The number of hydrogen-bond acceptors (Lipinski definition) is 8. The van der Waals surface area contributed by atoms with Crippen molar-refractivity contribution >= 4 is 17.4 Å². The van der Waals surface area contributed by atoms with Crippen LogP contribution >= 0.6 is 0 Å². The van der Waals surface area contributed by atoms with Crippen LogP contribution in [0.3, 0.4) is 0 Å². The second kappa shape index (κ2) is 9.66. The summed E-state index contributed by atoms with van der Waals surface area (Å²) in [6.07, 6.45) is 5.03. The van der Waals surface area contributed by atoms with Crippen LogP contribution in [0.15, 0.2) is 36.8 Å². The molecule has 190 valence electrons. The Morgan fingerprint density at radius 2 is 2.14 bits per heavy atom. The Labute approximate surface area is 210 Å². The van der Waals surface area contributed by atoms with Crippen LogP contribution < -0.4 is 15.0 Å².